The Balaban J connectivity index is 2.76. The molecule has 0 fully saturated rings. The number of amides is 1. The summed E-state index contributed by atoms with van der Waals surface area (Å²) in [5, 5.41) is 21.9. The normalized spacial score (nSPS) is 11.7. The fourth-order valence-corrected chi connectivity index (χ4v) is 1.75. The van der Waals surface area contributed by atoms with Crippen molar-refractivity contribution in [2.24, 2.45) is 5.92 Å². The predicted molar refractivity (Wildman–Crippen MR) is 71.9 cm³/mol. The molecule has 20 heavy (non-hydrogen) atoms. The molecule has 0 saturated carbocycles. The minimum atomic E-state index is -0.965. The van der Waals surface area contributed by atoms with E-state index in [4.69, 9.17) is 16.7 Å². The Labute approximate surface area is 119 Å². The number of hydrogen-bond acceptors (Lipinski definition) is 4. The largest absolute Gasteiger partial charge is 0.481 e. The van der Waals surface area contributed by atoms with E-state index in [0.29, 0.717) is 0 Å². The molecule has 0 aliphatic heterocycles. The van der Waals surface area contributed by atoms with Gasteiger partial charge < -0.3 is 10.4 Å². The molecule has 2 N–H and O–H groups in total. The summed E-state index contributed by atoms with van der Waals surface area (Å²) in [6.07, 6.45) is 0.232. The average molecular weight is 301 g/mol. The lowest BCUT2D eigenvalue weighted by Crippen LogP contribution is -2.27. The molecule has 0 aliphatic carbocycles. The fraction of sp³-hybridized carbons (Fsp3) is 0.333. The molecule has 0 radical (unpaired) electrons. The van der Waals surface area contributed by atoms with E-state index in [1.165, 1.54) is 25.1 Å². The van der Waals surface area contributed by atoms with Crippen molar-refractivity contribution >= 4 is 29.2 Å². The van der Waals surface area contributed by atoms with Crippen molar-refractivity contribution in [2.75, 3.05) is 6.54 Å². The van der Waals surface area contributed by atoms with Crippen LogP contribution in [0.4, 0.5) is 5.69 Å². The molecule has 8 heteroatoms. The Bertz CT molecular complexity index is 547. The summed E-state index contributed by atoms with van der Waals surface area (Å²) in [5.74, 6) is -2.23. The van der Waals surface area contributed by atoms with Gasteiger partial charge in [0.15, 0.2) is 0 Å². The molecule has 108 valence electrons. The summed E-state index contributed by atoms with van der Waals surface area (Å²) < 4.78 is 0. The van der Waals surface area contributed by atoms with Crippen LogP contribution in [0.3, 0.4) is 0 Å². The van der Waals surface area contributed by atoms with Crippen molar-refractivity contribution in [3.05, 3.63) is 38.9 Å². The standard InChI is InChI=1S/C12H13ClN2O5/c1-7(12(17)18)5-6-14-11(16)8-3-2-4-9(13)10(8)15(19)20/h2-4,7H,5-6H2,1H3,(H,14,16)(H,17,18). The number of nitro benzene ring substituents is 1. The van der Waals surface area contributed by atoms with E-state index in [2.05, 4.69) is 5.32 Å². The van der Waals surface area contributed by atoms with Gasteiger partial charge in [0.1, 0.15) is 10.6 Å². The number of para-hydroxylation sites is 1. The number of carbonyl (C=O) groups is 2. The first-order chi connectivity index (χ1) is 9.34. The van der Waals surface area contributed by atoms with Gasteiger partial charge in [-0.2, -0.15) is 0 Å². The van der Waals surface area contributed by atoms with Crippen LogP contribution in [-0.2, 0) is 4.79 Å². The van der Waals surface area contributed by atoms with Crippen LogP contribution >= 0.6 is 11.6 Å². The zero-order valence-corrected chi connectivity index (χ0v) is 11.4. The van der Waals surface area contributed by atoms with Crippen LogP contribution in [0.1, 0.15) is 23.7 Å². The first-order valence-electron chi connectivity index (χ1n) is 5.78. The van der Waals surface area contributed by atoms with Crippen LogP contribution in [0.25, 0.3) is 0 Å². The SMILES string of the molecule is CC(CCNC(=O)c1cccc(Cl)c1[N+](=O)[O-])C(=O)O. The molecule has 1 rings (SSSR count). The smallest absolute Gasteiger partial charge is 0.306 e. The highest BCUT2D eigenvalue weighted by Gasteiger charge is 2.23. The summed E-state index contributed by atoms with van der Waals surface area (Å²) in [7, 11) is 0. The predicted octanol–water partition coefficient (Wildman–Crippen LogP) is 2.09. The van der Waals surface area contributed by atoms with Crippen LogP contribution in [0, 0.1) is 16.0 Å². The zero-order valence-electron chi connectivity index (χ0n) is 10.6. The van der Waals surface area contributed by atoms with Crippen LogP contribution in [0.5, 0.6) is 0 Å². The van der Waals surface area contributed by atoms with E-state index in [1.807, 2.05) is 0 Å². The highest BCUT2D eigenvalue weighted by Crippen LogP contribution is 2.27. The Hall–Kier alpha value is -2.15. The van der Waals surface area contributed by atoms with Gasteiger partial charge in [-0.15, -0.1) is 0 Å². The molecule has 0 bridgehead atoms. The summed E-state index contributed by atoms with van der Waals surface area (Å²) in [6.45, 7) is 1.62. The second-order valence-electron chi connectivity index (χ2n) is 4.18. The maximum atomic E-state index is 11.9. The topological polar surface area (TPSA) is 110 Å². The second kappa shape index (κ2) is 6.85. The van der Waals surface area contributed by atoms with E-state index < -0.39 is 28.4 Å². The number of hydrogen-bond donors (Lipinski definition) is 2. The summed E-state index contributed by atoms with van der Waals surface area (Å²) in [4.78, 5) is 32.6. The molecule has 1 unspecified atom stereocenters. The van der Waals surface area contributed by atoms with Crippen molar-refractivity contribution in [3.8, 4) is 0 Å². The maximum absolute atomic E-state index is 11.9. The zero-order chi connectivity index (χ0) is 15.3. The first-order valence-corrected chi connectivity index (χ1v) is 6.16. The lowest BCUT2D eigenvalue weighted by atomic mass is 10.1. The average Bonchev–Trinajstić information content (AvgIpc) is 2.37. The number of halogens is 1. The van der Waals surface area contributed by atoms with Crippen molar-refractivity contribution in [3.63, 3.8) is 0 Å². The van der Waals surface area contributed by atoms with Crippen LogP contribution in [-0.4, -0.2) is 28.5 Å². The molecular formula is C12H13ClN2O5. The van der Waals surface area contributed by atoms with Gasteiger partial charge in [0.25, 0.3) is 5.91 Å². The third-order valence-electron chi connectivity index (χ3n) is 2.70. The van der Waals surface area contributed by atoms with E-state index in [-0.39, 0.29) is 23.6 Å². The number of carboxylic acid groups (broad SMARTS) is 1. The summed E-state index contributed by atoms with van der Waals surface area (Å²) >= 11 is 5.70. The molecule has 0 spiro atoms. The number of benzene rings is 1. The van der Waals surface area contributed by atoms with Crippen molar-refractivity contribution in [1.29, 1.82) is 0 Å². The molecule has 7 nitrogen and oxygen atoms in total. The minimum Gasteiger partial charge on any atom is -0.481 e. The van der Waals surface area contributed by atoms with Crippen LogP contribution < -0.4 is 5.32 Å². The molecule has 1 atom stereocenters. The third-order valence-corrected chi connectivity index (χ3v) is 3.00. The van der Waals surface area contributed by atoms with Gasteiger partial charge in [-0.3, -0.25) is 19.7 Å². The van der Waals surface area contributed by atoms with Gasteiger partial charge in [0.05, 0.1) is 10.8 Å². The summed E-state index contributed by atoms with van der Waals surface area (Å²) in [5.41, 5.74) is -0.608. The molecule has 0 heterocycles. The third kappa shape index (κ3) is 3.92. The molecule has 0 aromatic heterocycles. The highest BCUT2D eigenvalue weighted by molar-refractivity contribution is 6.33. The molecule has 0 aliphatic rings. The fourth-order valence-electron chi connectivity index (χ4n) is 1.51. The van der Waals surface area contributed by atoms with Gasteiger partial charge in [-0.1, -0.05) is 24.6 Å². The van der Waals surface area contributed by atoms with E-state index >= 15 is 0 Å². The molecule has 0 saturated heterocycles. The molecular weight excluding hydrogens is 288 g/mol. The molecule has 1 aromatic rings. The highest BCUT2D eigenvalue weighted by atomic mass is 35.5. The number of nitrogens with zero attached hydrogens (tertiary/aromatic N) is 1. The van der Waals surface area contributed by atoms with Crippen molar-refractivity contribution in [2.45, 2.75) is 13.3 Å². The molecule has 1 aromatic carbocycles. The quantitative estimate of drug-likeness (QED) is 0.617. The number of nitro groups is 1. The van der Waals surface area contributed by atoms with Crippen molar-refractivity contribution in [1.82, 2.24) is 5.32 Å². The first kappa shape index (κ1) is 15.9. The van der Waals surface area contributed by atoms with Gasteiger partial charge >= 0.3 is 11.7 Å². The van der Waals surface area contributed by atoms with Gasteiger partial charge in [0.2, 0.25) is 0 Å². The number of rotatable bonds is 6. The lowest BCUT2D eigenvalue weighted by molar-refractivity contribution is -0.385. The maximum Gasteiger partial charge on any atom is 0.306 e. The van der Waals surface area contributed by atoms with Crippen LogP contribution in [0.2, 0.25) is 5.02 Å². The Morgan fingerprint density at radius 3 is 2.70 bits per heavy atom. The molecule has 1 amide bonds. The monoisotopic (exact) mass is 300 g/mol. The van der Waals surface area contributed by atoms with Gasteiger partial charge in [0, 0.05) is 6.54 Å². The van der Waals surface area contributed by atoms with Crippen LogP contribution in [0.15, 0.2) is 18.2 Å². The Morgan fingerprint density at radius 1 is 1.50 bits per heavy atom. The number of nitrogens with one attached hydrogen (secondary N) is 1. The second-order valence-corrected chi connectivity index (χ2v) is 4.58. The number of carboxylic acids is 1. The van der Waals surface area contributed by atoms with E-state index in [0.717, 1.165) is 0 Å². The van der Waals surface area contributed by atoms with E-state index in [1.54, 1.807) is 0 Å². The Kier molecular flexibility index (Phi) is 5.45. The lowest BCUT2D eigenvalue weighted by Gasteiger charge is -2.08. The Morgan fingerprint density at radius 2 is 2.15 bits per heavy atom. The van der Waals surface area contributed by atoms with Gasteiger partial charge in [-0.25, -0.2) is 0 Å². The van der Waals surface area contributed by atoms with Gasteiger partial charge in [-0.05, 0) is 18.6 Å². The van der Waals surface area contributed by atoms with E-state index in [9.17, 15) is 19.7 Å². The van der Waals surface area contributed by atoms with Crippen molar-refractivity contribution < 1.29 is 19.6 Å². The summed E-state index contributed by atoms with van der Waals surface area (Å²) in [6, 6.07) is 4.05. The minimum absolute atomic E-state index is 0.107. The number of aliphatic carboxylic acids is 1. The number of carbonyl (C=O) groups excluding carboxylic acids is 1.